The number of sulfonamides is 1. The molecule has 8 heteroatoms. The first-order chi connectivity index (χ1) is 13.8. The standard InChI is InChI=1S/C21H31N3O4S/c1-23(2)20(25)9-12-22-21(26)17-10-13-24(14-11-17)29(27,28)19-8-7-16-5-3-4-6-18(16)15-19/h7-8,15,17H,3-6,9-14H2,1-2H3,(H,22,26). The van der Waals surface area contributed by atoms with E-state index in [0.29, 0.717) is 37.4 Å². The van der Waals surface area contributed by atoms with Crippen LogP contribution in [0.15, 0.2) is 23.1 Å². The van der Waals surface area contributed by atoms with Gasteiger partial charge in [0, 0.05) is 46.1 Å². The average Bonchev–Trinajstić information content (AvgIpc) is 2.73. The molecule has 0 spiro atoms. The lowest BCUT2D eigenvalue weighted by atomic mass is 9.92. The predicted octanol–water partition coefficient (Wildman–Crippen LogP) is 1.56. The first-order valence-electron chi connectivity index (χ1n) is 10.4. The Hall–Kier alpha value is -1.93. The van der Waals surface area contributed by atoms with Crippen LogP contribution in [0.3, 0.4) is 0 Å². The van der Waals surface area contributed by atoms with E-state index in [9.17, 15) is 18.0 Å². The molecule has 29 heavy (non-hydrogen) atoms. The SMILES string of the molecule is CN(C)C(=O)CCNC(=O)C1CCN(S(=O)(=O)c2ccc3c(c2)CCCC3)CC1. The van der Waals surface area contributed by atoms with Crippen LogP contribution in [0.2, 0.25) is 0 Å². The molecule has 0 atom stereocenters. The minimum Gasteiger partial charge on any atom is -0.355 e. The van der Waals surface area contributed by atoms with Gasteiger partial charge in [0.2, 0.25) is 21.8 Å². The zero-order chi connectivity index (χ0) is 21.0. The van der Waals surface area contributed by atoms with Crippen molar-refractivity contribution < 1.29 is 18.0 Å². The molecule has 7 nitrogen and oxygen atoms in total. The molecule has 1 saturated heterocycles. The molecule has 1 aromatic rings. The maximum Gasteiger partial charge on any atom is 0.243 e. The van der Waals surface area contributed by atoms with Gasteiger partial charge in [-0.2, -0.15) is 4.31 Å². The number of carbonyl (C=O) groups is 2. The molecule has 1 N–H and O–H groups in total. The number of piperidine rings is 1. The Morgan fingerprint density at radius 3 is 2.41 bits per heavy atom. The fraction of sp³-hybridized carbons (Fsp3) is 0.619. The number of rotatable bonds is 6. The molecule has 160 valence electrons. The van der Waals surface area contributed by atoms with Crippen molar-refractivity contribution in [3.05, 3.63) is 29.3 Å². The Morgan fingerprint density at radius 1 is 1.10 bits per heavy atom. The van der Waals surface area contributed by atoms with Crippen LogP contribution in [-0.4, -0.2) is 63.2 Å². The van der Waals surface area contributed by atoms with Gasteiger partial charge in [0.25, 0.3) is 0 Å². The molecule has 3 rings (SSSR count). The van der Waals surface area contributed by atoms with E-state index in [4.69, 9.17) is 0 Å². The average molecular weight is 422 g/mol. The normalized spacial score (nSPS) is 18.1. The number of hydrogen-bond donors (Lipinski definition) is 1. The third kappa shape index (κ3) is 5.17. The van der Waals surface area contributed by atoms with Gasteiger partial charge in [0.15, 0.2) is 0 Å². The van der Waals surface area contributed by atoms with Crippen molar-refractivity contribution in [1.82, 2.24) is 14.5 Å². The molecule has 0 unspecified atom stereocenters. The number of carbonyl (C=O) groups excluding carboxylic acids is 2. The van der Waals surface area contributed by atoms with Gasteiger partial charge in [-0.25, -0.2) is 8.42 Å². The van der Waals surface area contributed by atoms with E-state index in [-0.39, 0.29) is 24.2 Å². The minimum absolute atomic E-state index is 0.0312. The number of nitrogens with zero attached hydrogens (tertiary/aromatic N) is 2. The topological polar surface area (TPSA) is 86.8 Å². The van der Waals surface area contributed by atoms with Crippen LogP contribution in [0.25, 0.3) is 0 Å². The van der Waals surface area contributed by atoms with Crippen molar-refractivity contribution >= 4 is 21.8 Å². The zero-order valence-corrected chi connectivity index (χ0v) is 18.1. The fourth-order valence-corrected chi connectivity index (χ4v) is 5.56. The van der Waals surface area contributed by atoms with Gasteiger partial charge in [-0.15, -0.1) is 0 Å². The van der Waals surface area contributed by atoms with Gasteiger partial charge in [-0.05, 0) is 61.8 Å². The first-order valence-corrected chi connectivity index (χ1v) is 11.8. The summed E-state index contributed by atoms with van der Waals surface area (Å²) in [7, 11) is -0.164. The van der Waals surface area contributed by atoms with Crippen LogP contribution in [0.4, 0.5) is 0 Å². The summed E-state index contributed by atoms with van der Waals surface area (Å²) >= 11 is 0. The number of fused-ring (bicyclic) bond motifs is 1. The van der Waals surface area contributed by atoms with Crippen LogP contribution in [-0.2, 0) is 32.5 Å². The molecular formula is C21H31N3O4S. The molecule has 0 saturated carbocycles. The molecule has 2 aliphatic rings. The highest BCUT2D eigenvalue weighted by molar-refractivity contribution is 7.89. The number of hydrogen-bond acceptors (Lipinski definition) is 4. The van der Waals surface area contributed by atoms with Crippen molar-refractivity contribution in [2.75, 3.05) is 33.7 Å². The molecule has 0 aromatic heterocycles. The quantitative estimate of drug-likeness (QED) is 0.755. The molecule has 1 aromatic carbocycles. The van der Waals surface area contributed by atoms with E-state index < -0.39 is 10.0 Å². The Bertz CT molecular complexity index is 859. The highest BCUT2D eigenvalue weighted by Gasteiger charge is 2.32. The van der Waals surface area contributed by atoms with Gasteiger partial charge in [0.05, 0.1) is 4.90 Å². The van der Waals surface area contributed by atoms with E-state index in [1.54, 1.807) is 20.2 Å². The van der Waals surface area contributed by atoms with E-state index >= 15 is 0 Å². The minimum atomic E-state index is -3.53. The molecule has 1 fully saturated rings. The molecular weight excluding hydrogens is 390 g/mol. The number of amides is 2. The van der Waals surface area contributed by atoms with Crippen LogP contribution in [0, 0.1) is 5.92 Å². The second kappa shape index (κ2) is 9.26. The third-order valence-electron chi connectivity index (χ3n) is 5.92. The molecule has 1 heterocycles. The molecule has 2 amide bonds. The van der Waals surface area contributed by atoms with Crippen molar-refractivity contribution in [3.8, 4) is 0 Å². The lowest BCUT2D eigenvalue weighted by molar-refractivity contribution is -0.129. The molecule has 1 aliphatic carbocycles. The number of nitrogens with one attached hydrogen (secondary N) is 1. The van der Waals surface area contributed by atoms with Crippen molar-refractivity contribution in [2.45, 2.75) is 49.8 Å². The van der Waals surface area contributed by atoms with Gasteiger partial charge < -0.3 is 10.2 Å². The first kappa shape index (κ1) is 21.8. The second-order valence-electron chi connectivity index (χ2n) is 8.15. The summed E-state index contributed by atoms with van der Waals surface area (Å²) in [5, 5.41) is 2.80. The van der Waals surface area contributed by atoms with Gasteiger partial charge in [-0.1, -0.05) is 6.07 Å². The summed E-state index contributed by atoms with van der Waals surface area (Å²) in [6.07, 6.45) is 5.50. The van der Waals surface area contributed by atoms with Crippen LogP contribution in [0.1, 0.15) is 43.2 Å². The fourth-order valence-electron chi connectivity index (χ4n) is 4.04. The van der Waals surface area contributed by atoms with Crippen LogP contribution >= 0.6 is 0 Å². The summed E-state index contributed by atoms with van der Waals surface area (Å²) in [5.74, 6) is -0.335. The summed E-state index contributed by atoms with van der Waals surface area (Å²) in [6, 6.07) is 5.51. The van der Waals surface area contributed by atoms with Crippen molar-refractivity contribution in [2.24, 2.45) is 5.92 Å². The van der Waals surface area contributed by atoms with Gasteiger partial charge in [-0.3, -0.25) is 9.59 Å². The smallest absolute Gasteiger partial charge is 0.243 e. The Kier molecular flexibility index (Phi) is 6.95. The second-order valence-corrected chi connectivity index (χ2v) is 10.1. The highest BCUT2D eigenvalue weighted by atomic mass is 32.2. The summed E-state index contributed by atoms with van der Waals surface area (Å²) < 4.78 is 27.6. The van der Waals surface area contributed by atoms with Crippen molar-refractivity contribution in [1.29, 1.82) is 0 Å². The number of aryl methyl sites for hydroxylation is 2. The summed E-state index contributed by atoms with van der Waals surface area (Å²) in [5.41, 5.74) is 2.41. The van der Waals surface area contributed by atoms with Gasteiger partial charge >= 0.3 is 0 Å². The van der Waals surface area contributed by atoms with Gasteiger partial charge in [0.1, 0.15) is 0 Å². The Labute approximate surface area is 173 Å². The molecule has 0 radical (unpaired) electrons. The van der Waals surface area contributed by atoms with Crippen molar-refractivity contribution in [3.63, 3.8) is 0 Å². The molecule has 0 bridgehead atoms. The third-order valence-corrected chi connectivity index (χ3v) is 7.81. The predicted molar refractivity (Wildman–Crippen MR) is 111 cm³/mol. The lowest BCUT2D eigenvalue weighted by Crippen LogP contribution is -2.43. The highest BCUT2D eigenvalue weighted by Crippen LogP contribution is 2.28. The maximum absolute atomic E-state index is 13.0. The number of benzene rings is 1. The van der Waals surface area contributed by atoms with E-state index in [2.05, 4.69) is 5.32 Å². The Balaban J connectivity index is 1.54. The monoisotopic (exact) mass is 421 g/mol. The zero-order valence-electron chi connectivity index (χ0n) is 17.3. The maximum atomic E-state index is 13.0. The van der Waals surface area contributed by atoms with Crippen LogP contribution < -0.4 is 5.32 Å². The molecule has 1 aliphatic heterocycles. The largest absolute Gasteiger partial charge is 0.355 e. The van der Waals surface area contributed by atoms with E-state index in [0.717, 1.165) is 31.2 Å². The lowest BCUT2D eigenvalue weighted by Gasteiger charge is -2.31. The van der Waals surface area contributed by atoms with Crippen LogP contribution in [0.5, 0.6) is 0 Å². The van der Waals surface area contributed by atoms with E-state index in [1.165, 1.54) is 14.8 Å². The summed E-state index contributed by atoms with van der Waals surface area (Å²) in [4.78, 5) is 25.8. The Morgan fingerprint density at radius 2 is 1.76 bits per heavy atom. The summed E-state index contributed by atoms with van der Waals surface area (Å²) in [6.45, 7) is 0.992. The van der Waals surface area contributed by atoms with E-state index in [1.807, 2.05) is 12.1 Å².